The van der Waals surface area contributed by atoms with Crippen LogP contribution in [0, 0.1) is 0 Å². The molecule has 1 heterocycles. The van der Waals surface area contributed by atoms with E-state index in [0.29, 0.717) is 17.3 Å². The van der Waals surface area contributed by atoms with Crippen LogP contribution in [-0.2, 0) is 22.1 Å². The fraction of sp³-hybridized carbons (Fsp3) is 0.526. The molecular formula is C19H28N2O3S. The van der Waals surface area contributed by atoms with Gasteiger partial charge >= 0.3 is 0 Å². The van der Waals surface area contributed by atoms with Gasteiger partial charge in [-0.2, -0.15) is 4.98 Å². The van der Waals surface area contributed by atoms with Crippen molar-refractivity contribution < 1.29 is 15.1 Å². The summed E-state index contributed by atoms with van der Waals surface area (Å²) in [5, 5.41) is 21.4. The molecule has 0 aliphatic rings. The first-order valence-corrected chi connectivity index (χ1v) is 9.09. The Morgan fingerprint density at radius 3 is 2.00 bits per heavy atom. The second kappa shape index (κ2) is 6.84. The summed E-state index contributed by atoms with van der Waals surface area (Å²) in [7, 11) is 1.50. The van der Waals surface area contributed by atoms with Crippen LogP contribution < -0.4 is 5.48 Å². The van der Waals surface area contributed by atoms with E-state index in [2.05, 4.69) is 52.0 Å². The Bertz CT molecular complexity index is 720. The molecule has 138 valence electrons. The van der Waals surface area contributed by atoms with Crippen LogP contribution in [0.5, 0.6) is 11.6 Å². The molecule has 1 aromatic carbocycles. The van der Waals surface area contributed by atoms with E-state index in [0.717, 1.165) is 21.6 Å². The molecule has 0 unspecified atom stereocenters. The third-order valence-electron chi connectivity index (χ3n) is 4.02. The summed E-state index contributed by atoms with van der Waals surface area (Å²) in [5.41, 5.74) is 5.14. The standard InChI is InChI=1S/C19H28N2O3S/c1-18(2,3)12-8-11(9-13(15(12)22)19(4,5)6)10-14-16(23)20-17(25-14)21-24-7/h8-9,22-23H,10H2,1-7H3,(H,20,21). The quantitative estimate of drug-likeness (QED) is 0.685. The van der Waals surface area contributed by atoms with Crippen molar-refractivity contribution in [3.8, 4) is 11.6 Å². The minimum Gasteiger partial charge on any atom is -0.507 e. The molecule has 25 heavy (non-hydrogen) atoms. The van der Waals surface area contributed by atoms with E-state index in [9.17, 15) is 10.2 Å². The Kier molecular flexibility index (Phi) is 5.35. The lowest BCUT2D eigenvalue weighted by molar-refractivity contribution is 0.270. The average molecular weight is 365 g/mol. The van der Waals surface area contributed by atoms with Crippen molar-refractivity contribution >= 4 is 16.5 Å². The van der Waals surface area contributed by atoms with E-state index in [1.54, 1.807) is 0 Å². The average Bonchev–Trinajstić information content (AvgIpc) is 2.78. The number of anilines is 1. The molecule has 2 rings (SSSR count). The van der Waals surface area contributed by atoms with Crippen molar-refractivity contribution in [1.29, 1.82) is 0 Å². The zero-order chi connectivity index (χ0) is 19.0. The molecule has 0 spiro atoms. The van der Waals surface area contributed by atoms with E-state index in [4.69, 9.17) is 4.84 Å². The molecule has 0 saturated carbocycles. The molecule has 6 heteroatoms. The first kappa shape index (κ1) is 19.5. The smallest absolute Gasteiger partial charge is 0.227 e. The summed E-state index contributed by atoms with van der Waals surface area (Å²) in [6.45, 7) is 12.5. The zero-order valence-electron chi connectivity index (χ0n) is 16.0. The van der Waals surface area contributed by atoms with Crippen LogP contribution in [0.1, 0.15) is 63.1 Å². The van der Waals surface area contributed by atoms with Crippen LogP contribution in [0.3, 0.4) is 0 Å². The Morgan fingerprint density at radius 2 is 1.56 bits per heavy atom. The van der Waals surface area contributed by atoms with Crippen molar-refractivity contribution in [2.75, 3.05) is 12.6 Å². The predicted molar refractivity (Wildman–Crippen MR) is 103 cm³/mol. The molecule has 0 bridgehead atoms. The van der Waals surface area contributed by atoms with Crippen molar-refractivity contribution in [3.63, 3.8) is 0 Å². The van der Waals surface area contributed by atoms with Crippen LogP contribution in [0.4, 0.5) is 5.13 Å². The van der Waals surface area contributed by atoms with Crippen LogP contribution >= 0.6 is 11.3 Å². The summed E-state index contributed by atoms with van der Waals surface area (Å²) in [6, 6.07) is 4.04. The highest BCUT2D eigenvalue weighted by molar-refractivity contribution is 7.15. The number of thiazole rings is 1. The number of phenols is 1. The number of benzene rings is 1. The molecule has 0 fully saturated rings. The summed E-state index contributed by atoms with van der Waals surface area (Å²) < 4.78 is 0. The highest BCUT2D eigenvalue weighted by Crippen LogP contribution is 2.41. The van der Waals surface area contributed by atoms with Crippen molar-refractivity contribution in [3.05, 3.63) is 33.7 Å². The van der Waals surface area contributed by atoms with Gasteiger partial charge in [-0.25, -0.2) is 5.48 Å². The molecule has 0 atom stereocenters. The highest BCUT2D eigenvalue weighted by Gasteiger charge is 2.27. The number of rotatable bonds is 4. The molecular weight excluding hydrogens is 336 g/mol. The van der Waals surface area contributed by atoms with Crippen molar-refractivity contribution in [2.24, 2.45) is 0 Å². The third kappa shape index (κ3) is 4.44. The lowest BCUT2D eigenvalue weighted by atomic mass is 9.78. The number of hydrogen-bond acceptors (Lipinski definition) is 6. The molecule has 1 aromatic heterocycles. The number of aromatic nitrogens is 1. The first-order valence-electron chi connectivity index (χ1n) is 8.28. The molecule has 0 aliphatic heterocycles. The fourth-order valence-corrected chi connectivity index (χ4v) is 3.58. The number of nitrogens with zero attached hydrogens (tertiary/aromatic N) is 1. The maximum atomic E-state index is 10.8. The normalized spacial score (nSPS) is 12.4. The molecule has 2 aromatic rings. The molecule has 0 amide bonds. The maximum Gasteiger partial charge on any atom is 0.227 e. The number of phenolic OH excluding ortho intramolecular Hbond substituents is 1. The van der Waals surface area contributed by atoms with Gasteiger partial charge in [0, 0.05) is 6.42 Å². The molecule has 0 aliphatic carbocycles. The highest BCUT2D eigenvalue weighted by atomic mass is 32.1. The molecule has 5 nitrogen and oxygen atoms in total. The van der Waals surface area contributed by atoms with Gasteiger partial charge in [0.05, 0.1) is 12.0 Å². The summed E-state index contributed by atoms with van der Waals surface area (Å²) in [5.74, 6) is 0.367. The minimum absolute atomic E-state index is 0.00671. The van der Waals surface area contributed by atoms with Crippen LogP contribution in [0.25, 0.3) is 0 Å². The molecule has 0 saturated heterocycles. The first-order chi connectivity index (χ1) is 11.4. The van der Waals surface area contributed by atoms with Gasteiger partial charge in [0.25, 0.3) is 0 Å². The van der Waals surface area contributed by atoms with Gasteiger partial charge in [0.2, 0.25) is 11.0 Å². The monoisotopic (exact) mass is 364 g/mol. The van der Waals surface area contributed by atoms with Gasteiger partial charge in [0.15, 0.2) is 0 Å². The number of hydrogen-bond donors (Lipinski definition) is 3. The van der Waals surface area contributed by atoms with Gasteiger partial charge in [0.1, 0.15) is 5.75 Å². The van der Waals surface area contributed by atoms with Crippen LogP contribution in [-0.4, -0.2) is 22.3 Å². The maximum absolute atomic E-state index is 10.8. The summed E-state index contributed by atoms with van der Waals surface area (Å²) in [6.07, 6.45) is 0.543. The lowest BCUT2D eigenvalue weighted by Gasteiger charge is -2.28. The SMILES string of the molecule is CONc1nc(O)c(Cc2cc(C(C)(C)C)c(O)c(C(C)(C)C)c2)s1. The topological polar surface area (TPSA) is 74.6 Å². The van der Waals surface area contributed by atoms with Gasteiger partial charge in [-0.15, -0.1) is 0 Å². The Balaban J connectivity index is 2.51. The van der Waals surface area contributed by atoms with Crippen LogP contribution in [0.15, 0.2) is 12.1 Å². The van der Waals surface area contributed by atoms with Crippen molar-refractivity contribution in [1.82, 2.24) is 4.98 Å². The lowest BCUT2D eigenvalue weighted by Crippen LogP contribution is -2.18. The van der Waals surface area contributed by atoms with E-state index in [1.807, 2.05) is 12.1 Å². The van der Waals surface area contributed by atoms with E-state index in [1.165, 1.54) is 18.4 Å². The third-order valence-corrected chi connectivity index (χ3v) is 4.96. The Morgan fingerprint density at radius 1 is 1.04 bits per heavy atom. The minimum atomic E-state index is -0.182. The van der Waals surface area contributed by atoms with E-state index in [-0.39, 0.29) is 16.7 Å². The fourth-order valence-electron chi connectivity index (χ4n) is 2.71. The second-order valence-corrected chi connectivity index (χ2v) is 9.37. The summed E-state index contributed by atoms with van der Waals surface area (Å²) >= 11 is 1.35. The zero-order valence-corrected chi connectivity index (χ0v) is 16.8. The summed E-state index contributed by atoms with van der Waals surface area (Å²) in [4.78, 5) is 9.64. The number of nitrogens with one attached hydrogen (secondary N) is 1. The van der Waals surface area contributed by atoms with Gasteiger partial charge < -0.3 is 10.2 Å². The Labute approximate surface area is 153 Å². The predicted octanol–water partition coefficient (Wildman–Crippen LogP) is 4.71. The number of aromatic hydroxyl groups is 2. The second-order valence-electron chi connectivity index (χ2n) is 8.29. The Hall–Kier alpha value is -1.79. The van der Waals surface area contributed by atoms with Gasteiger partial charge in [-0.3, -0.25) is 4.84 Å². The van der Waals surface area contributed by atoms with Gasteiger partial charge in [-0.05, 0) is 27.5 Å². The van der Waals surface area contributed by atoms with Crippen molar-refractivity contribution in [2.45, 2.75) is 58.8 Å². The van der Waals surface area contributed by atoms with Gasteiger partial charge in [-0.1, -0.05) is 65.0 Å². The van der Waals surface area contributed by atoms with Crippen LogP contribution in [0.2, 0.25) is 0 Å². The molecule has 3 N–H and O–H groups in total. The molecule has 0 radical (unpaired) electrons. The van der Waals surface area contributed by atoms with E-state index < -0.39 is 0 Å². The largest absolute Gasteiger partial charge is 0.507 e. The van der Waals surface area contributed by atoms with E-state index >= 15 is 0 Å².